The molecule has 0 saturated carbocycles. The summed E-state index contributed by atoms with van der Waals surface area (Å²) in [4.78, 5) is 11.9. The van der Waals surface area contributed by atoms with E-state index in [0.717, 1.165) is 18.2 Å². The minimum absolute atomic E-state index is 0.182. The molecule has 1 aromatic rings. The maximum Gasteiger partial charge on any atom is 0.249 e. The second kappa shape index (κ2) is 8.46. The number of nitrogens with one attached hydrogen (secondary N) is 1. The van der Waals surface area contributed by atoms with E-state index in [2.05, 4.69) is 5.32 Å². The molecule has 134 valence electrons. The first-order valence-electron chi connectivity index (χ1n) is 7.88. The van der Waals surface area contributed by atoms with Gasteiger partial charge in [0, 0.05) is 31.8 Å². The van der Waals surface area contributed by atoms with E-state index in [-0.39, 0.29) is 25.5 Å². The van der Waals surface area contributed by atoms with E-state index in [4.69, 9.17) is 9.47 Å². The van der Waals surface area contributed by atoms with Gasteiger partial charge in [0.15, 0.2) is 0 Å². The van der Waals surface area contributed by atoms with E-state index in [1.54, 1.807) is 13.2 Å². The van der Waals surface area contributed by atoms with Crippen molar-refractivity contribution in [1.29, 1.82) is 0 Å². The fraction of sp³-hybridized carbons (Fsp3) is 0.562. The molecule has 1 saturated heterocycles. The van der Waals surface area contributed by atoms with E-state index in [9.17, 15) is 13.2 Å². The Balaban J connectivity index is 1.95. The van der Waals surface area contributed by atoms with Crippen LogP contribution in [0.1, 0.15) is 18.4 Å². The second-order valence-corrected chi connectivity index (χ2v) is 7.68. The van der Waals surface area contributed by atoms with Gasteiger partial charge in [-0.1, -0.05) is 18.2 Å². The van der Waals surface area contributed by atoms with Crippen molar-refractivity contribution in [1.82, 2.24) is 9.62 Å². The lowest BCUT2D eigenvalue weighted by molar-refractivity contribution is -0.130. The summed E-state index contributed by atoms with van der Waals surface area (Å²) in [6.45, 7) is 1.22. The summed E-state index contributed by atoms with van der Waals surface area (Å²) in [6.07, 6.45) is 2.33. The number of ether oxygens (including phenoxy) is 2. The summed E-state index contributed by atoms with van der Waals surface area (Å²) >= 11 is 0. The average Bonchev–Trinajstić information content (AvgIpc) is 3.07. The number of carbonyl (C=O) groups excluding carboxylic acids is 1. The summed E-state index contributed by atoms with van der Waals surface area (Å²) in [5, 5.41) is 2.74. The van der Waals surface area contributed by atoms with Crippen molar-refractivity contribution in [2.75, 3.05) is 33.1 Å². The summed E-state index contributed by atoms with van der Waals surface area (Å²) in [5.74, 6) is 0.452. The van der Waals surface area contributed by atoms with Crippen molar-refractivity contribution in [3.8, 4) is 5.75 Å². The maximum absolute atomic E-state index is 12.0. The van der Waals surface area contributed by atoms with Gasteiger partial charge in [-0.25, -0.2) is 8.42 Å². The maximum atomic E-state index is 12.0. The highest BCUT2D eigenvalue weighted by molar-refractivity contribution is 7.88. The zero-order chi connectivity index (χ0) is 17.6. The van der Waals surface area contributed by atoms with Gasteiger partial charge in [0.1, 0.15) is 11.9 Å². The third kappa shape index (κ3) is 5.19. The van der Waals surface area contributed by atoms with Crippen LogP contribution < -0.4 is 10.1 Å². The van der Waals surface area contributed by atoms with Gasteiger partial charge in [0.05, 0.1) is 13.4 Å². The second-order valence-electron chi connectivity index (χ2n) is 5.70. The largest absolute Gasteiger partial charge is 0.496 e. The third-order valence-corrected chi connectivity index (χ3v) is 5.14. The van der Waals surface area contributed by atoms with Crippen molar-refractivity contribution in [3.05, 3.63) is 29.8 Å². The van der Waals surface area contributed by atoms with E-state index in [1.165, 1.54) is 4.31 Å². The average molecular weight is 356 g/mol. The van der Waals surface area contributed by atoms with Crippen LogP contribution in [0.25, 0.3) is 0 Å². The third-order valence-electron chi connectivity index (χ3n) is 3.89. The molecule has 1 atom stereocenters. The van der Waals surface area contributed by atoms with Gasteiger partial charge in [-0.3, -0.25) is 4.79 Å². The van der Waals surface area contributed by atoms with Crippen LogP contribution in [0.15, 0.2) is 24.3 Å². The summed E-state index contributed by atoms with van der Waals surface area (Å²) < 4.78 is 35.9. The first-order chi connectivity index (χ1) is 11.4. The Hall–Kier alpha value is -1.64. The molecule has 1 N–H and O–H groups in total. The Morgan fingerprint density at radius 2 is 2.17 bits per heavy atom. The summed E-state index contributed by atoms with van der Waals surface area (Å²) in [6, 6.07) is 7.27. The molecule has 1 fully saturated rings. The zero-order valence-corrected chi connectivity index (χ0v) is 14.8. The Morgan fingerprint density at radius 1 is 1.42 bits per heavy atom. The molecule has 0 bridgehead atoms. The van der Waals surface area contributed by atoms with Crippen LogP contribution in [-0.2, 0) is 26.1 Å². The number of rotatable bonds is 8. The van der Waals surface area contributed by atoms with E-state index in [1.807, 2.05) is 18.2 Å². The van der Waals surface area contributed by atoms with Gasteiger partial charge in [-0.2, -0.15) is 4.31 Å². The van der Waals surface area contributed by atoms with E-state index < -0.39 is 16.1 Å². The van der Waals surface area contributed by atoms with Crippen LogP contribution >= 0.6 is 0 Å². The van der Waals surface area contributed by atoms with Crippen LogP contribution in [-0.4, -0.2) is 57.8 Å². The van der Waals surface area contributed by atoms with Gasteiger partial charge < -0.3 is 14.8 Å². The number of nitrogens with zero attached hydrogens (tertiary/aromatic N) is 1. The standard InChI is InChI=1S/C16H24N2O5S/c1-22-14-7-4-3-6-13(14)12-18(24(2,20)21)10-9-17-16(19)15-8-5-11-23-15/h3-4,6-7,15H,5,8-12H2,1-2H3,(H,17,19). The number of amides is 1. The first kappa shape index (κ1) is 18.7. The molecule has 8 heteroatoms. The highest BCUT2D eigenvalue weighted by Crippen LogP contribution is 2.20. The highest BCUT2D eigenvalue weighted by atomic mass is 32.2. The number of carbonyl (C=O) groups is 1. The van der Waals surface area contributed by atoms with E-state index >= 15 is 0 Å². The molecule has 1 aliphatic heterocycles. The summed E-state index contributed by atoms with van der Waals surface area (Å²) in [7, 11) is -1.86. The molecule has 1 aliphatic rings. The summed E-state index contributed by atoms with van der Waals surface area (Å²) in [5.41, 5.74) is 0.774. The monoisotopic (exact) mass is 356 g/mol. The number of methoxy groups -OCH3 is 1. The van der Waals surface area contributed by atoms with Crippen molar-refractivity contribution in [3.63, 3.8) is 0 Å². The Kier molecular flexibility index (Phi) is 6.59. The molecule has 1 amide bonds. The van der Waals surface area contributed by atoms with Crippen LogP contribution in [0, 0.1) is 0 Å². The molecule has 0 aliphatic carbocycles. The van der Waals surface area contributed by atoms with Crippen molar-refractivity contribution in [2.24, 2.45) is 0 Å². The Bertz CT molecular complexity index is 656. The molecule has 0 radical (unpaired) electrons. The molecule has 0 spiro atoms. The molecular weight excluding hydrogens is 332 g/mol. The minimum Gasteiger partial charge on any atom is -0.496 e. The molecular formula is C16H24N2O5S. The molecule has 24 heavy (non-hydrogen) atoms. The van der Waals surface area contributed by atoms with Gasteiger partial charge in [-0.15, -0.1) is 0 Å². The molecule has 0 aromatic heterocycles. The van der Waals surface area contributed by atoms with Crippen LogP contribution in [0.3, 0.4) is 0 Å². The van der Waals surface area contributed by atoms with Gasteiger partial charge in [0.25, 0.3) is 0 Å². The fourth-order valence-electron chi connectivity index (χ4n) is 2.59. The lowest BCUT2D eigenvalue weighted by Gasteiger charge is -2.21. The fourth-order valence-corrected chi connectivity index (χ4v) is 3.38. The van der Waals surface area contributed by atoms with Crippen molar-refractivity contribution < 1.29 is 22.7 Å². The zero-order valence-electron chi connectivity index (χ0n) is 14.0. The quantitative estimate of drug-likeness (QED) is 0.743. The molecule has 1 aromatic carbocycles. The first-order valence-corrected chi connectivity index (χ1v) is 9.73. The predicted molar refractivity (Wildman–Crippen MR) is 90.2 cm³/mol. The van der Waals surface area contributed by atoms with Crippen LogP contribution in [0.2, 0.25) is 0 Å². The van der Waals surface area contributed by atoms with Crippen LogP contribution in [0.5, 0.6) is 5.75 Å². The number of sulfonamides is 1. The number of hydrogen-bond donors (Lipinski definition) is 1. The number of hydrogen-bond acceptors (Lipinski definition) is 5. The lowest BCUT2D eigenvalue weighted by atomic mass is 10.2. The number of para-hydroxylation sites is 1. The normalized spacial score (nSPS) is 17.9. The SMILES string of the molecule is COc1ccccc1CN(CCNC(=O)C1CCCO1)S(C)(=O)=O. The van der Waals surface area contributed by atoms with Crippen molar-refractivity contribution >= 4 is 15.9 Å². The topological polar surface area (TPSA) is 84.9 Å². The van der Waals surface area contributed by atoms with Gasteiger partial charge in [0.2, 0.25) is 15.9 Å². The lowest BCUT2D eigenvalue weighted by Crippen LogP contribution is -2.41. The Morgan fingerprint density at radius 3 is 2.79 bits per heavy atom. The van der Waals surface area contributed by atoms with Gasteiger partial charge >= 0.3 is 0 Å². The van der Waals surface area contributed by atoms with Gasteiger partial charge in [-0.05, 0) is 18.9 Å². The minimum atomic E-state index is -3.41. The Labute approximate surface area is 143 Å². The van der Waals surface area contributed by atoms with Crippen molar-refractivity contribution in [2.45, 2.75) is 25.5 Å². The molecule has 2 rings (SSSR count). The molecule has 1 heterocycles. The van der Waals surface area contributed by atoms with E-state index in [0.29, 0.717) is 18.8 Å². The highest BCUT2D eigenvalue weighted by Gasteiger charge is 2.24. The van der Waals surface area contributed by atoms with Crippen LogP contribution in [0.4, 0.5) is 0 Å². The predicted octanol–water partition coefficient (Wildman–Crippen LogP) is 0.752. The number of benzene rings is 1. The smallest absolute Gasteiger partial charge is 0.249 e. The molecule has 7 nitrogen and oxygen atoms in total. The molecule has 1 unspecified atom stereocenters.